The molecular formula is C12H10Cl2O5. The number of ether oxygens (including phenoxy) is 4. The molecule has 2 fully saturated rings. The van der Waals surface area contributed by atoms with Crippen LogP contribution in [0.1, 0.15) is 11.7 Å². The standard InChI is InChI=1S/C12H10Cl2O5/c13-4-1-5(14)10-8(9(4)15)11-6(17-11)2-16-3-7-12(18-7)19-10/h1,6-7,11-12,15H,2-3H2. The van der Waals surface area contributed by atoms with E-state index in [-0.39, 0.29) is 29.1 Å². The smallest absolute Gasteiger partial charge is 0.229 e. The van der Waals surface area contributed by atoms with Gasteiger partial charge in [0.05, 0.1) is 28.8 Å². The van der Waals surface area contributed by atoms with Crippen LogP contribution >= 0.6 is 23.2 Å². The largest absolute Gasteiger partial charge is 0.506 e. The third-order valence-corrected chi connectivity index (χ3v) is 3.97. The number of halogens is 2. The van der Waals surface area contributed by atoms with Crippen LogP contribution in [0.2, 0.25) is 10.0 Å². The Bertz CT molecular complexity index is 549. The Morgan fingerprint density at radius 1 is 1.11 bits per heavy atom. The maximum absolute atomic E-state index is 10.1. The Labute approximate surface area is 118 Å². The predicted octanol–water partition coefficient (Wildman–Crippen LogP) is 2.27. The van der Waals surface area contributed by atoms with Crippen molar-refractivity contribution < 1.29 is 24.1 Å². The lowest BCUT2D eigenvalue weighted by Crippen LogP contribution is -2.15. The molecule has 1 aromatic rings. The van der Waals surface area contributed by atoms with Gasteiger partial charge in [-0.25, -0.2) is 0 Å². The van der Waals surface area contributed by atoms with Gasteiger partial charge in [-0.3, -0.25) is 0 Å². The summed E-state index contributed by atoms with van der Waals surface area (Å²) < 4.78 is 21.9. The highest BCUT2D eigenvalue weighted by atomic mass is 35.5. The van der Waals surface area contributed by atoms with Gasteiger partial charge in [0.15, 0.2) is 5.75 Å². The van der Waals surface area contributed by atoms with Crippen molar-refractivity contribution in [1.29, 1.82) is 0 Å². The van der Waals surface area contributed by atoms with Crippen LogP contribution < -0.4 is 4.74 Å². The zero-order valence-electron chi connectivity index (χ0n) is 9.64. The van der Waals surface area contributed by atoms with E-state index in [1.165, 1.54) is 6.07 Å². The van der Waals surface area contributed by atoms with Gasteiger partial charge in [0.25, 0.3) is 0 Å². The summed E-state index contributed by atoms with van der Waals surface area (Å²) in [6.45, 7) is 0.907. The van der Waals surface area contributed by atoms with Gasteiger partial charge in [0, 0.05) is 0 Å². The normalized spacial score (nSPS) is 35.5. The minimum atomic E-state index is -0.396. The molecule has 4 rings (SSSR count). The Balaban J connectivity index is 1.80. The third kappa shape index (κ3) is 1.97. The second-order valence-corrected chi connectivity index (χ2v) is 5.54. The van der Waals surface area contributed by atoms with Crippen molar-refractivity contribution in [3.63, 3.8) is 0 Å². The molecule has 102 valence electrons. The topological polar surface area (TPSA) is 63.8 Å². The summed E-state index contributed by atoms with van der Waals surface area (Å²) >= 11 is 12.1. The molecule has 0 bridgehead atoms. The fourth-order valence-electron chi connectivity index (χ4n) is 2.28. The van der Waals surface area contributed by atoms with Crippen molar-refractivity contribution in [2.75, 3.05) is 13.2 Å². The number of fused-ring (bicyclic) bond motifs is 4. The van der Waals surface area contributed by atoms with Gasteiger partial charge in [0.2, 0.25) is 6.29 Å². The third-order valence-electron chi connectivity index (χ3n) is 3.40. The van der Waals surface area contributed by atoms with Crippen molar-refractivity contribution >= 4 is 23.2 Å². The van der Waals surface area contributed by atoms with Crippen molar-refractivity contribution in [3.8, 4) is 11.5 Å². The number of hydrogen-bond acceptors (Lipinski definition) is 5. The lowest BCUT2D eigenvalue weighted by Gasteiger charge is -2.14. The highest BCUT2D eigenvalue weighted by Gasteiger charge is 2.49. The fourth-order valence-corrected chi connectivity index (χ4v) is 2.80. The summed E-state index contributed by atoms with van der Waals surface area (Å²) in [7, 11) is 0. The number of phenols is 1. The molecule has 1 aromatic carbocycles. The van der Waals surface area contributed by atoms with E-state index < -0.39 is 6.29 Å². The van der Waals surface area contributed by atoms with Gasteiger partial charge < -0.3 is 24.1 Å². The Morgan fingerprint density at radius 2 is 1.89 bits per heavy atom. The van der Waals surface area contributed by atoms with E-state index >= 15 is 0 Å². The minimum Gasteiger partial charge on any atom is -0.506 e. The Hall–Kier alpha value is -0.720. The molecule has 0 aliphatic carbocycles. The molecule has 7 heteroatoms. The van der Waals surface area contributed by atoms with Gasteiger partial charge in [-0.15, -0.1) is 0 Å². The van der Waals surface area contributed by atoms with Crippen molar-refractivity contribution in [2.45, 2.75) is 24.6 Å². The highest BCUT2D eigenvalue weighted by molar-refractivity contribution is 6.36. The fraction of sp³-hybridized carbons (Fsp3) is 0.500. The monoisotopic (exact) mass is 304 g/mol. The summed E-state index contributed by atoms with van der Waals surface area (Å²) in [5.41, 5.74) is 0.474. The van der Waals surface area contributed by atoms with Crippen molar-refractivity contribution in [1.82, 2.24) is 0 Å². The molecule has 0 amide bonds. The number of benzene rings is 1. The summed E-state index contributed by atoms with van der Waals surface area (Å²) in [4.78, 5) is 0. The molecular weight excluding hydrogens is 295 g/mol. The second kappa shape index (κ2) is 4.14. The number of aromatic hydroxyl groups is 1. The molecule has 3 heterocycles. The van der Waals surface area contributed by atoms with E-state index in [9.17, 15) is 5.11 Å². The zero-order valence-corrected chi connectivity index (χ0v) is 11.1. The summed E-state index contributed by atoms with van der Waals surface area (Å²) in [5, 5.41) is 10.6. The first kappa shape index (κ1) is 12.1. The maximum Gasteiger partial charge on any atom is 0.229 e. The zero-order chi connectivity index (χ0) is 13.1. The van der Waals surface area contributed by atoms with Gasteiger partial charge in [-0.05, 0) is 6.07 Å². The highest BCUT2D eigenvalue weighted by Crippen LogP contribution is 2.53. The van der Waals surface area contributed by atoms with E-state index in [1.54, 1.807) is 0 Å². The van der Waals surface area contributed by atoms with E-state index in [1.807, 2.05) is 0 Å². The van der Waals surface area contributed by atoms with E-state index in [0.717, 1.165) is 0 Å². The van der Waals surface area contributed by atoms with Crippen molar-refractivity contribution in [2.24, 2.45) is 0 Å². The molecule has 0 spiro atoms. The first-order valence-corrected chi connectivity index (χ1v) is 6.67. The summed E-state index contributed by atoms with van der Waals surface area (Å²) in [6, 6.07) is 1.45. The quantitative estimate of drug-likeness (QED) is 0.745. The van der Waals surface area contributed by atoms with Crippen LogP contribution in [0.4, 0.5) is 0 Å². The molecule has 0 saturated carbocycles. The van der Waals surface area contributed by atoms with E-state index in [2.05, 4.69) is 0 Å². The van der Waals surface area contributed by atoms with Crippen LogP contribution in [0.5, 0.6) is 11.5 Å². The van der Waals surface area contributed by atoms with Crippen LogP contribution in [-0.2, 0) is 14.2 Å². The molecule has 19 heavy (non-hydrogen) atoms. The number of rotatable bonds is 0. The molecule has 1 N–H and O–H groups in total. The molecule has 0 aromatic heterocycles. The van der Waals surface area contributed by atoms with Crippen LogP contribution in [0.3, 0.4) is 0 Å². The van der Waals surface area contributed by atoms with E-state index in [4.69, 9.17) is 42.1 Å². The molecule has 4 unspecified atom stereocenters. The number of hydrogen-bond donors (Lipinski definition) is 1. The summed E-state index contributed by atoms with van der Waals surface area (Å²) in [6.07, 6.45) is -0.913. The van der Waals surface area contributed by atoms with E-state index in [0.29, 0.717) is 29.5 Å². The van der Waals surface area contributed by atoms with Gasteiger partial charge >= 0.3 is 0 Å². The minimum absolute atomic E-state index is 0.0636. The first-order chi connectivity index (χ1) is 9.15. The molecule has 0 radical (unpaired) electrons. The maximum atomic E-state index is 10.1. The average molecular weight is 305 g/mol. The Morgan fingerprint density at radius 3 is 2.74 bits per heavy atom. The van der Waals surface area contributed by atoms with Crippen LogP contribution in [0, 0.1) is 0 Å². The second-order valence-electron chi connectivity index (χ2n) is 4.72. The first-order valence-electron chi connectivity index (χ1n) is 5.91. The summed E-state index contributed by atoms with van der Waals surface area (Å²) in [5.74, 6) is 0.316. The van der Waals surface area contributed by atoms with Crippen LogP contribution in [-0.4, -0.2) is 36.8 Å². The van der Waals surface area contributed by atoms with Gasteiger partial charge in [-0.2, -0.15) is 0 Å². The van der Waals surface area contributed by atoms with Gasteiger partial charge in [-0.1, -0.05) is 23.2 Å². The molecule has 2 saturated heterocycles. The predicted molar refractivity (Wildman–Crippen MR) is 65.8 cm³/mol. The Kier molecular flexibility index (Phi) is 2.62. The number of phenolic OH excluding ortho intramolecular Hbond substituents is 1. The molecule has 3 aliphatic heterocycles. The van der Waals surface area contributed by atoms with Gasteiger partial charge in [0.1, 0.15) is 24.1 Å². The van der Waals surface area contributed by atoms with Crippen LogP contribution in [0.15, 0.2) is 6.07 Å². The number of epoxide rings is 2. The molecule has 3 aliphatic rings. The molecule has 4 atom stereocenters. The molecule has 5 nitrogen and oxygen atoms in total. The van der Waals surface area contributed by atoms with Crippen LogP contribution in [0.25, 0.3) is 0 Å². The lowest BCUT2D eigenvalue weighted by atomic mass is 10.1. The van der Waals surface area contributed by atoms with Crippen molar-refractivity contribution in [3.05, 3.63) is 21.7 Å². The lowest BCUT2D eigenvalue weighted by molar-refractivity contribution is 0.101. The SMILES string of the molecule is Oc1c(Cl)cc(Cl)c2c1C1OC1COCC1OC1O2. The average Bonchev–Trinajstić information content (AvgIpc) is 3.25.